The average molecular weight is 415 g/mol. The zero-order valence-corrected chi connectivity index (χ0v) is 15.2. The third-order valence-corrected chi connectivity index (χ3v) is 6.52. The van der Waals surface area contributed by atoms with Crippen molar-refractivity contribution < 1.29 is 22.8 Å². The predicted molar refractivity (Wildman–Crippen MR) is 88.8 cm³/mol. The van der Waals surface area contributed by atoms with Gasteiger partial charge in [0.05, 0.1) is 4.47 Å². The molecule has 0 bridgehead atoms. The maximum Gasteiger partial charge on any atom is 0.442 e. The molecule has 0 saturated heterocycles. The summed E-state index contributed by atoms with van der Waals surface area (Å²) in [6.07, 6.45) is 2.96. The number of hydrogen-bond donors (Lipinski definition) is 1. The summed E-state index contributed by atoms with van der Waals surface area (Å²) in [5.74, 6) is 0.785. The monoisotopic (exact) mass is 414 g/mol. The van der Waals surface area contributed by atoms with Gasteiger partial charge in [-0.25, -0.2) is 4.57 Å². The van der Waals surface area contributed by atoms with Gasteiger partial charge in [-0.15, -0.1) is 0 Å². The zero-order chi connectivity index (χ0) is 16.2. The molecular weight excluding hydrogens is 397 g/mol. The van der Waals surface area contributed by atoms with Crippen LogP contribution in [0.2, 0.25) is 0 Å². The van der Waals surface area contributed by atoms with Crippen molar-refractivity contribution in [3.63, 3.8) is 0 Å². The minimum atomic E-state index is -4.93. The minimum absolute atomic E-state index is 0.0439. The molecule has 0 spiro atoms. The minimum Gasteiger partial charge on any atom is -0.420 e. The lowest BCUT2D eigenvalue weighted by atomic mass is 10.0. The van der Waals surface area contributed by atoms with Crippen LogP contribution < -0.4 is 4.52 Å². The molecule has 22 heavy (non-hydrogen) atoms. The van der Waals surface area contributed by atoms with Crippen LogP contribution in [0, 0.1) is 0 Å². The molecule has 2 rings (SSSR count). The van der Waals surface area contributed by atoms with E-state index < -0.39 is 13.8 Å². The summed E-state index contributed by atoms with van der Waals surface area (Å²) in [6.45, 7) is 0. The molecule has 124 valence electrons. The van der Waals surface area contributed by atoms with Gasteiger partial charge in [-0.05, 0) is 46.5 Å². The Labute approximate surface area is 141 Å². The molecule has 0 amide bonds. The average Bonchev–Trinajstić information content (AvgIpc) is 2.48. The molecule has 1 aliphatic carbocycles. The van der Waals surface area contributed by atoms with E-state index in [1.165, 1.54) is 38.2 Å². The van der Waals surface area contributed by atoms with Crippen LogP contribution in [0.3, 0.4) is 0 Å². The first-order valence-electron chi connectivity index (χ1n) is 7.09. The van der Waals surface area contributed by atoms with Crippen molar-refractivity contribution >= 4 is 35.3 Å². The second-order valence-corrected chi connectivity index (χ2v) is 9.11. The Bertz CT molecular complexity index is 553. The second-order valence-electron chi connectivity index (χ2n) is 5.27. The summed E-state index contributed by atoms with van der Waals surface area (Å²) in [5.41, 5.74) is 1.03. The molecular formula is C14H18BrF2O3PS. The smallest absolute Gasteiger partial charge is 0.420 e. The molecule has 0 aliphatic heterocycles. The summed E-state index contributed by atoms with van der Waals surface area (Å²) in [4.78, 5) is 9.07. The second kappa shape index (κ2) is 8.13. The molecule has 1 saturated carbocycles. The fourth-order valence-electron chi connectivity index (χ4n) is 2.33. The maximum absolute atomic E-state index is 12.4. The van der Waals surface area contributed by atoms with E-state index in [4.69, 9.17) is 4.89 Å². The van der Waals surface area contributed by atoms with Crippen molar-refractivity contribution in [3.05, 3.63) is 28.2 Å². The molecule has 0 heterocycles. The van der Waals surface area contributed by atoms with Crippen LogP contribution in [-0.4, -0.2) is 16.3 Å². The molecule has 1 atom stereocenters. The molecule has 1 aromatic carbocycles. The molecule has 1 unspecified atom stereocenters. The van der Waals surface area contributed by atoms with E-state index in [1.54, 1.807) is 12.1 Å². The molecule has 1 aliphatic rings. The Morgan fingerprint density at radius 1 is 1.36 bits per heavy atom. The van der Waals surface area contributed by atoms with Crippen LogP contribution in [0.15, 0.2) is 22.7 Å². The molecule has 0 aromatic heterocycles. The maximum atomic E-state index is 12.4. The fourth-order valence-corrected chi connectivity index (χ4v) is 4.76. The first kappa shape index (κ1) is 18.2. The lowest BCUT2D eigenvalue weighted by molar-refractivity contribution is 0.188. The van der Waals surface area contributed by atoms with Crippen LogP contribution in [0.4, 0.5) is 8.78 Å². The van der Waals surface area contributed by atoms with Gasteiger partial charge in [0, 0.05) is 11.0 Å². The van der Waals surface area contributed by atoms with Gasteiger partial charge in [0.1, 0.15) is 5.75 Å². The number of hydrogen-bond acceptors (Lipinski definition) is 3. The molecule has 0 radical (unpaired) electrons. The quantitative estimate of drug-likeness (QED) is 0.597. The summed E-state index contributed by atoms with van der Waals surface area (Å²) in [7, 11) is -4.93. The number of halogens is 3. The summed E-state index contributed by atoms with van der Waals surface area (Å²) < 4.78 is 40.9. The molecule has 8 heteroatoms. The van der Waals surface area contributed by atoms with Crippen LogP contribution in [0.5, 0.6) is 5.75 Å². The third kappa shape index (κ3) is 5.22. The van der Waals surface area contributed by atoms with E-state index in [1.807, 2.05) is 11.8 Å². The van der Waals surface area contributed by atoms with Crippen molar-refractivity contribution in [2.75, 3.05) is 0 Å². The van der Waals surface area contributed by atoms with Gasteiger partial charge in [-0.2, -0.15) is 20.5 Å². The Balaban J connectivity index is 1.95. The van der Waals surface area contributed by atoms with Gasteiger partial charge in [0.25, 0.3) is 0 Å². The zero-order valence-electron chi connectivity index (χ0n) is 11.9. The van der Waals surface area contributed by atoms with E-state index >= 15 is 0 Å². The van der Waals surface area contributed by atoms with Gasteiger partial charge in [0.15, 0.2) is 0 Å². The van der Waals surface area contributed by atoms with Crippen LogP contribution in [-0.2, 0) is 10.3 Å². The number of rotatable bonds is 6. The normalized spacial score (nSPS) is 19.1. The van der Waals surface area contributed by atoms with Gasteiger partial charge in [0.2, 0.25) is 0 Å². The first-order chi connectivity index (χ1) is 10.4. The van der Waals surface area contributed by atoms with E-state index in [0.717, 1.165) is 11.3 Å². The number of alkyl halides is 2. The van der Waals surface area contributed by atoms with E-state index in [-0.39, 0.29) is 5.75 Å². The van der Waals surface area contributed by atoms with Crippen LogP contribution in [0.25, 0.3) is 0 Å². The Hall–Kier alpha value is -0.100. The largest absolute Gasteiger partial charge is 0.442 e. The Morgan fingerprint density at radius 2 is 2.05 bits per heavy atom. The lowest BCUT2D eigenvalue weighted by Crippen LogP contribution is -2.08. The molecule has 1 fully saturated rings. The van der Waals surface area contributed by atoms with Crippen molar-refractivity contribution in [2.45, 2.75) is 49.3 Å². The fraction of sp³-hybridized carbons (Fsp3) is 0.571. The highest BCUT2D eigenvalue weighted by Gasteiger charge is 2.34. The molecule has 3 nitrogen and oxygen atoms in total. The highest BCUT2D eigenvalue weighted by atomic mass is 79.9. The van der Waals surface area contributed by atoms with E-state index in [0.29, 0.717) is 9.72 Å². The SMILES string of the molecule is O=P(O)(Oc1ccc(CSC2CCCCC2)cc1Br)C(F)F. The Kier molecular flexibility index (Phi) is 6.74. The van der Waals surface area contributed by atoms with Gasteiger partial charge < -0.3 is 9.42 Å². The lowest BCUT2D eigenvalue weighted by Gasteiger charge is -2.21. The van der Waals surface area contributed by atoms with Gasteiger partial charge in [-0.3, -0.25) is 0 Å². The number of thioether (sulfide) groups is 1. The highest BCUT2D eigenvalue weighted by molar-refractivity contribution is 9.10. The van der Waals surface area contributed by atoms with E-state index in [2.05, 4.69) is 20.5 Å². The molecule has 1 aromatic rings. The predicted octanol–water partition coefficient (Wildman–Crippen LogP) is 5.80. The summed E-state index contributed by atoms with van der Waals surface area (Å²) in [5, 5.41) is 0.681. The van der Waals surface area contributed by atoms with Crippen molar-refractivity contribution in [1.82, 2.24) is 0 Å². The van der Waals surface area contributed by atoms with Gasteiger partial charge in [-0.1, -0.05) is 25.3 Å². The standard InChI is InChI=1S/C14H18BrF2O3PS/c15-12-8-10(9-22-11-4-2-1-3-5-11)6-7-13(12)20-21(18,19)14(16)17/h6-8,11,14H,1-5,9H2,(H,18,19). The molecule has 1 N–H and O–H groups in total. The Morgan fingerprint density at radius 3 is 2.64 bits per heavy atom. The van der Waals surface area contributed by atoms with Crippen molar-refractivity contribution in [3.8, 4) is 5.75 Å². The summed E-state index contributed by atoms with van der Waals surface area (Å²) in [6, 6.07) is 4.93. The van der Waals surface area contributed by atoms with Crippen molar-refractivity contribution in [2.24, 2.45) is 0 Å². The number of benzene rings is 1. The van der Waals surface area contributed by atoms with E-state index in [9.17, 15) is 13.3 Å². The summed E-state index contributed by atoms with van der Waals surface area (Å²) >= 11 is 5.10. The van der Waals surface area contributed by atoms with Crippen LogP contribution >= 0.6 is 35.3 Å². The van der Waals surface area contributed by atoms with Gasteiger partial charge >= 0.3 is 13.8 Å². The van der Waals surface area contributed by atoms with Crippen molar-refractivity contribution in [1.29, 1.82) is 0 Å². The topological polar surface area (TPSA) is 46.5 Å². The third-order valence-electron chi connectivity index (χ3n) is 3.51. The van der Waals surface area contributed by atoms with Crippen LogP contribution in [0.1, 0.15) is 37.7 Å². The first-order valence-corrected chi connectivity index (χ1v) is 10.6. The highest BCUT2D eigenvalue weighted by Crippen LogP contribution is 2.50.